The van der Waals surface area contributed by atoms with Crippen LogP contribution in [0.1, 0.15) is 23.2 Å². The molecule has 0 atom stereocenters. The van der Waals surface area contributed by atoms with E-state index < -0.39 is 17.5 Å². The van der Waals surface area contributed by atoms with Crippen molar-refractivity contribution in [3.8, 4) is 0 Å². The molecule has 0 bridgehead atoms. The maximum absolute atomic E-state index is 12.3. The summed E-state index contributed by atoms with van der Waals surface area (Å²) >= 11 is 0. The van der Waals surface area contributed by atoms with Gasteiger partial charge in [-0.1, -0.05) is 18.2 Å². The monoisotopic (exact) mass is 340 g/mol. The second-order valence-corrected chi connectivity index (χ2v) is 5.41. The van der Waals surface area contributed by atoms with Crippen LogP contribution in [0, 0.1) is 0 Å². The number of aliphatic carboxylic acids is 1. The maximum Gasteiger partial charge on any atom is 0.349 e. The van der Waals surface area contributed by atoms with Crippen LogP contribution in [0.3, 0.4) is 0 Å². The molecule has 3 rings (SSSR count). The minimum Gasteiger partial charge on any atom is -0.550 e. The lowest BCUT2D eigenvalue weighted by Gasteiger charge is -2.03. The highest BCUT2D eigenvalue weighted by Crippen LogP contribution is 2.14. The molecule has 2 aromatic heterocycles. The van der Waals surface area contributed by atoms with Gasteiger partial charge in [-0.15, -0.1) is 0 Å². The molecule has 128 valence electrons. The van der Waals surface area contributed by atoms with E-state index in [1.54, 1.807) is 30.5 Å². The molecule has 0 radical (unpaired) electrons. The molecule has 0 spiro atoms. The van der Waals surface area contributed by atoms with Crippen molar-refractivity contribution in [3.05, 3.63) is 58.7 Å². The summed E-state index contributed by atoms with van der Waals surface area (Å²) in [5, 5.41) is 17.6. The summed E-state index contributed by atoms with van der Waals surface area (Å²) in [6, 6.07) is 8.38. The number of benzene rings is 1. The Morgan fingerprint density at radius 1 is 1.28 bits per heavy atom. The van der Waals surface area contributed by atoms with E-state index in [4.69, 9.17) is 4.42 Å². The highest BCUT2D eigenvalue weighted by Gasteiger charge is 2.14. The molecule has 1 N–H and O–H groups in total. The normalized spacial score (nSPS) is 10.7. The lowest BCUT2D eigenvalue weighted by molar-refractivity contribution is -0.305. The van der Waals surface area contributed by atoms with Crippen LogP contribution >= 0.6 is 0 Å². The molecular formula is C17H14N3O5-. The van der Waals surface area contributed by atoms with E-state index >= 15 is 0 Å². The number of carbonyl (C=O) groups excluding carboxylic acids is 2. The number of anilines is 1. The Bertz CT molecular complexity index is 989. The van der Waals surface area contributed by atoms with Gasteiger partial charge in [-0.05, 0) is 25.0 Å². The predicted octanol–water partition coefficient (Wildman–Crippen LogP) is 0.772. The quantitative estimate of drug-likeness (QED) is 0.662. The molecule has 0 saturated carbocycles. The van der Waals surface area contributed by atoms with E-state index in [0.29, 0.717) is 29.6 Å². The van der Waals surface area contributed by atoms with Gasteiger partial charge in [-0.3, -0.25) is 9.48 Å². The molecule has 1 amide bonds. The number of nitrogens with one attached hydrogen (secondary N) is 1. The summed E-state index contributed by atoms with van der Waals surface area (Å²) < 4.78 is 6.64. The number of carbonyl (C=O) groups is 2. The first kappa shape index (κ1) is 16.4. The zero-order valence-electron chi connectivity index (χ0n) is 13.1. The van der Waals surface area contributed by atoms with Gasteiger partial charge in [0.15, 0.2) is 0 Å². The number of rotatable bonds is 6. The Hall–Kier alpha value is -3.42. The van der Waals surface area contributed by atoms with Crippen LogP contribution in [-0.4, -0.2) is 21.7 Å². The van der Waals surface area contributed by atoms with Gasteiger partial charge in [-0.25, -0.2) is 4.79 Å². The zero-order chi connectivity index (χ0) is 17.8. The number of aromatic nitrogens is 2. The summed E-state index contributed by atoms with van der Waals surface area (Å²) in [7, 11) is 0. The first-order valence-electron chi connectivity index (χ1n) is 7.59. The largest absolute Gasteiger partial charge is 0.550 e. The fourth-order valence-corrected chi connectivity index (χ4v) is 2.35. The molecule has 3 aromatic rings. The van der Waals surface area contributed by atoms with Crippen molar-refractivity contribution in [1.82, 2.24) is 9.78 Å². The number of fused-ring (bicyclic) bond motifs is 1. The molecule has 0 aliphatic carbocycles. The molecular weight excluding hydrogens is 326 g/mol. The third-order valence-electron chi connectivity index (χ3n) is 3.55. The Labute approximate surface area is 141 Å². The van der Waals surface area contributed by atoms with Crippen LogP contribution in [0.4, 0.5) is 5.69 Å². The van der Waals surface area contributed by atoms with Crippen LogP contribution in [0.15, 0.2) is 51.9 Å². The number of hydrogen-bond acceptors (Lipinski definition) is 6. The molecule has 0 unspecified atom stereocenters. The van der Waals surface area contributed by atoms with Gasteiger partial charge in [0.25, 0.3) is 5.91 Å². The van der Waals surface area contributed by atoms with Gasteiger partial charge in [-0.2, -0.15) is 5.10 Å². The van der Waals surface area contributed by atoms with Crippen LogP contribution in [-0.2, 0) is 11.3 Å². The smallest absolute Gasteiger partial charge is 0.349 e. The van der Waals surface area contributed by atoms with Crippen LogP contribution in [0.2, 0.25) is 0 Å². The molecule has 2 heterocycles. The number of carboxylic acid groups (broad SMARTS) is 1. The SMILES string of the molecule is O=C([O-])CCCn1cc(NC(=O)c2cc3ccccc3oc2=O)cn1. The molecule has 0 aliphatic rings. The lowest BCUT2D eigenvalue weighted by Crippen LogP contribution is -2.22. The molecule has 0 saturated heterocycles. The molecule has 0 aliphatic heterocycles. The maximum atomic E-state index is 12.3. The predicted molar refractivity (Wildman–Crippen MR) is 86.9 cm³/mol. The van der Waals surface area contributed by atoms with Crippen molar-refractivity contribution in [3.63, 3.8) is 0 Å². The Morgan fingerprint density at radius 3 is 2.88 bits per heavy atom. The Balaban J connectivity index is 1.72. The lowest BCUT2D eigenvalue weighted by atomic mass is 10.2. The number of aryl methyl sites for hydroxylation is 1. The number of nitrogens with zero attached hydrogens (tertiary/aromatic N) is 2. The van der Waals surface area contributed by atoms with Crippen molar-refractivity contribution in [2.75, 3.05) is 5.32 Å². The molecule has 25 heavy (non-hydrogen) atoms. The van der Waals surface area contributed by atoms with Gasteiger partial charge >= 0.3 is 5.63 Å². The first-order chi connectivity index (χ1) is 12.0. The summed E-state index contributed by atoms with van der Waals surface area (Å²) in [6.07, 6.45) is 3.26. The average molecular weight is 340 g/mol. The van der Waals surface area contributed by atoms with Gasteiger partial charge in [0.05, 0.1) is 11.9 Å². The topological polar surface area (TPSA) is 117 Å². The minimum atomic E-state index is -1.12. The van der Waals surface area contributed by atoms with Gasteiger partial charge in [0.2, 0.25) is 0 Å². The van der Waals surface area contributed by atoms with Gasteiger partial charge in [0, 0.05) is 24.1 Å². The highest BCUT2D eigenvalue weighted by atomic mass is 16.4. The van der Waals surface area contributed by atoms with Crippen molar-refractivity contribution < 1.29 is 19.1 Å². The van der Waals surface area contributed by atoms with Crippen molar-refractivity contribution in [2.24, 2.45) is 0 Å². The van der Waals surface area contributed by atoms with E-state index in [9.17, 15) is 19.5 Å². The molecule has 8 heteroatoms. The third-order valence-corrected chi connectivity index (χ3v) is 3.55. The summed E-state index contributed by atoms with van der Waals surface area (Å²) in [5.41, 5.74) is -0.0308. The third kappa shape index (κ3) is 3.92. The second-order valence-electron chi connectivity index (χ2n) is 5.41. The fourth-order valence-electron chi connectivity index (χ4n) is 2.35. The average Bonchev–Trinajstić information content (AvgIpc) is 3.01. The van der Waals surface area contributed by atoms with Crippen LogP contribution < -0.4 is 16.0 Å². The van der Waals surface area contributed by atoms with Crippen molar-refractivity contribution in [1.29, 1.82) is 0 Å². The van der Waals surface area contributed by atoms with Crippen LogP contribution in [0.25, 0.3) is 11.0 Å². The van der Waals surface area contributed by atoms with Crippen LogP contribution in [0.5, 0.6) is 0 Å². The number of carboxylic acids is 1. The first-order valence-corrected chi connectivity index (χ1v) is 7.59. The number of hydrogen-bond donors (Lipinski definition) is 1. The minimum absolute atomic E-state index is 0.0698. The van der Waals surface area contributed by atoms with E-state index in [0.717, 1.165) is 0 Å². The van der Waals surface area contributed by atoms with E-state index in [2.05, 4.69) is 10.4 Å². The highest BCUT2D eigenvalue weighted by molar-refractivity contribution is 6.05. The number of para-hydroxylation sites is 1. The van der Waals surface area contributed by atoms with Gasteiger partial charge < -0.3 is 19.6 Å². The number of amides is 1. The Morgan fingerprint density at radius 2 is 2.08 bits per heavy atom. The zero-order valence-corrected chi connectivity index (χ0v) is 13.1. The molecule has 8 nitrogen and oxygen atoms in total. The summed E-state index contributed by atoms with van der Waals surface area (Å²) in [6.45, 7) is 0.377. The van der Waals surface area contributed by atoms with E-state index in [1.807, 2.05) is 0 Å². The van der Waals surface area contributed by atoms with Crippen molar-refractivity contribution in [2.45, 2.75) is 19.4 Å². The standard InChI is InChI=1S/C17H15N3O5/c21-15(22)6-3-7-20-10-12(9-18-20)19-16(23)13-8-11-4-1-2-5-14(11)25-17(13)24/h1-2,4-5,8-10H,3,6-7H2,(H,19,23)(H,21,22)/p-1. The Kier molecular flexibility index (Phi) is 4.60. The van der Waals surface area contributed by atoms with Gasteiger partial charge in [0.1, 0.15) is 11.1 Å². The van der Waals surface area contributed by atoms with E-state index in [-0.39, 0.29) is 12.0 Å². The van der Waals surface area contributed by atoms with Crippen molar-refractivity contribution >= 4 is 28.5 Å². The fraction of sp³-hybridized carbons (Fsp3) is 0.176. The molecule has 0 fully saturated rings. The summed E-state index contributed by atoms with van der Waals surface area (Å²) in [4.78, 5) is 34.6. The molecule has 1 aromatic carbocycles. The second kappa shape index (κ2) is 7.00. The van der Waals surface area contributed by atoms with E-state index in [1.165, 1.54) is 16.9 Å². The summed E-state index contributed by atoms with van der Waals surface area (Å²) in [5.74, 6) is -1.72.